The van der Waals surface area contributed by atoms with Crippen LogP contribution in [-0.4, -0.2) is 23.0 Å². The first-order chi connectivity index (χ1) is 15.6. The quantitative estimate of drug-likeness (QED) is 0.383. The molecule has 0 bridgehead atoms. The van der Waals surface area contributed by atoms with Gasteiger partial charge < -0.3 is 15.7 Å². The summed E-state index contributed by atoms with van der Waals surface area (Å²) in [6.07, 6.45) is 0. The third kappa shape index (κ3) is 5.74. The molecule has 0 spiro atoms. The lowest BCUT2D eigenvalue weighted by molar-refractivity contribution is -0.138. The van der Waals surface area contributed by atoms with Crippen molar-refractivity contribution in [2.45, 2.75) is 46.7 Å². The van der Waals surface area contributed by atoms with Crippen LogP contribution in [0.4, 0.5) is 5.69 Å². The normalized spacial score (nSPS) is 12.7. The van der Waals surface area contributed by atoms with E-state index in [1.165, 1.54) is 6.92 Å². The average Bonchev–Trinajstić information content (AvgIpc) is 2.75. The Hall–Kier alpha value is -3.31. The summed E-state index contributed by atoms with van der Waals surface area (Å²) in [7, 11) is 0. The molecule has 1 amide bonds. The van der Waals surface area contributed by atoms with Gasteiger partial charge >= 0.3 is 5.97 Å². The van der Waals surface area contributed by atoms with Gasteiger partial charge in [0.1, 0.15) is 6.04 Å². The molecule has 3 rings (SSSR count). The first kappa shape index (κ1) is 24.3. The Morgan fingerprint density at radius 2 is 1.55 bits per heavy atom. The van der Waals surface area contributed by atoms with E-state index in [1.807, 2.05) is 63.2 Å². The van der Waals surface area contributed by atoms with E-state index in [4.69, 9.17) is 16.7 Å². The second kappa shape index (κ2) is 10.1. The number of benzene rings is 3. The SMILES string of the molecule is Cc1cc([C@H](C)Nc2cccc(-c3cc(C)c(C(=O)NC(C)C(=O)O)c(C)c3)c2)ccc1Cl. The summed E-state index contributed by atoms with van der Waals surface area (Å²) in [6.45, 7) is 9.28. The molecule has 5 nitrogen and oxygen atoms in total. The third-order valence-electron chi connectivity index (χ3n) is 5.74. The van der Waals surface area contributed by atoms with E-state index in [9.17, 15) is 9.59 Å². The number of rotatable bonds is 7. The molecule has 0 aliphatic heterocycles. The molecule has 0 aliphatic rings. The molecule has 3 aromatic rings. The van der Waals surface area contributed by atoms with Crippen molar-refractivity contribution >= 4 is 29.2 Å². The zero-order chi connectivity index (χ0) is 24.3. The van der Waals surface area contributed by atoms with E-state index in [0.717, 1.165) is 44.1 Å². The molecule has 172 valence electrons. The molecule has 0 aliphatic carbocycles. The molecule has 0 saturated heterocycles. The Bertz CT molecular complexity index is 1180. The molecule has 0 radical (unpaired) electrons. The van der Waals surface area contributed by atoms with Gasteiger partial charge in [0, 0.05) is 22.3 Å². The minimum absolute atomic E-state index is 0.0991. The molecule has 0 aromatic heterocycles. The van der Waals surface area contributed by atoms with Gasteiger partial charge in [-0.25, -0.2) is 0 Å². The number of amides is 1. The molecule has 1 unspecified atom stereocenters. The second-order valence-electron chi connectivity index (χ2n) is 8.47. The second-order valence-corrected chi connectivity index (χ2v) is 8.88. The molecule has 2 atom stereocenters. The smallest absolute Gasteiger partial charge is 0.325 e. The predicted octanol–water partition coefficient (Wildman–Crippen LogP) is 6.31. The molecule has 3 N–H and O–H groups in total. The largest absolute Gasteiger partial charge is 0.480 e. The predicted molar refractivity (Wildman–Crippen MR) is 134 cm³/mol. The van der Waals surface area contributed by atoms with Crippen molar-refractivity contribution in [3.63, 3.8) is 0 Å². The molecule has 3 aromatic carbocycles. The first-order valence-electron chi connectivity index (χ1n) is 10.8. The number of carbonyl (C=O) groups excluding carboxylic acids is 1. The van der Waals surface area contributed by atoms with Crippen LogP contribution in [0.2, 0.25) is 5.02 Å². The lowest BCUT2D eigenvalue weighted by Crippen LogP contribution is -2.38. The highest BCUT2D eigenvalue weighted by Gasteiger charge is 2.19. The topological polar surface area (TPSA) is 78.4 Å². The maximum Gasteiger partial charge on any atom is 0.325 e. The van der Waals surface area contributed by atoms with E-state index in [0.29, 0.717) is 5.56 Å². The first-order valence-corrected chi connectivity index (χ1v) is 11.2. The summed E-state index contributed by atoms with van der Waals surface area (Å²) in [6, 6.07) is 17.2. The fraction of sp³-hybridized carbons (Fsp3) is 0.259. The average molecular weight is 465 g/mol. The van der Waals surface area contributed by atoms with E-state index < -0.39 is 12.0 Å². The Labute approximate surface area is 199 Å². The number of carboxylic acid groups (broad SMARTS) is 1. The highest BCUT2D eigenvalue weighted by atomic mass is 35.5. The van der Waals surface area contributed by atoms with Crippen LogP contribution < -0.4 is 10.6 Å². The molecule has 0 saturated carbocycles. The number of anilines is 1. The maximum absolute atomic E-state index is 12.6. The zero-order valence-electron chi connectivity index (χ0n) is 19.5. The van der Waals surface area contributed by atoms with Gasteiger partial charge in [0.05, 0.1) is 0 Å². The summed E-state index contributed by atoms with van der Waals surface area (Å²) in [5.74, 6) is -1.45. The maximum atomic E-state index is 12.6. The van der Waals surface area contributed by atoms with Crippen molar-refractivity contribution in [3.8, 4) is 11.1 Å². The summed E-state index contributed by atoms with van der Waals surface area (Å²) in [5.41, 5.74) is 7.30. The van der Waals surface area contributed by atoms with Crippen LogP contribution in [0.1, 0.15) is 52.5 Å². The van der Waals surface area contributed by atoms with Crippen LogP contribution in [0.15, 0.2) is 54.6 Å². The van der Waals surface area contributed by atoms with Crippen molar-refractivity contribution in [2.24, 2.45) is 0 Å². The van der Waals surface area contributed by atoms with Gasteiger partial charge in [0.15, 0.2) is 0 Å². The number of nitrogens with one attached hydrogen (secondary N) is 2. The van der Waals surface area contributed by atoms with E-state index >= 15 is 0 Å². The summed E-state index contributed by atoms with van der Waals surface area (Å²) < 4.78 is 0. The van der Waals surface area contributed by atoms with Crippen LogP contribution in [0, 0.1) is 20.8 Å². The van der Waals surface area contributed by atoms with Crippen LogP contribution in [0.5, 0.6) is 0 Å². The Balaban J connectivity index is 1.84. The number of hydrogen-bond acceptors (Lipinski definition) is 3. The van der Waals surface area contributed by atoms with Crippen molar-refractivity contribution in [1.82, 2.24) is 5.32 Å². The van der Waals surface area contributed by atoms with E-state index in [-0.39, 0.29) is 11.9 Å². The number of aryl methyl sites for hydroxylation is 3. The third-order valence-corrected chi connectivity index (χ3v) is 6.16. The minimum atomic E-state index is -1.07. The van der Waals surface area contributed by atoms with Gasteiger partial charge in [-0.1, -0.05) is 48.0 Å². The van der Waals surface area contributed by atoms with Crippen LogP contribution in [0.3, 0.4) is 0 Å². The molecule has 0 fully saturated rings. The van der Waals surface area contributed by atoms with Crippen molar-refractivity contribution in [3.05, 3.63) is 87.4 Å². The lowest BCUT2D eigenvalue weighted by atomic mass is 9.94. The molecule has 33 heavy (non-hydrogen) atoms. The van der Waals surface area contributed by atoms with Crippen LogP contribution in [-0.2, 0) is 4.79 Å². The standard InChI is InChI=1S/C27H29ClN2O3/c1-15-11-20(9-10-24(15)28)18(4)29-23-8-6-7-21(14-23)22-12-16(2)25(17(3)13-22)26(31)30-19(5)27(32)33/h6-14,18-19,29H,1-5H3,(H,30,31)(H,32,33)/t18-,19?/m0/s1. The van der Waals surface area contributed by atoms with Crippen LogP contribution >= 0.6 is 11.6 Å². The van der Waals surface area contributed by atoms with Crippen LogP contribution in [0.25, 0.3) is 11.1 Å². The van der Waals surface area contributed by atoms with Gasteiger partial charge in [0.2, 0.25) is 0 Å². The van der Waals surface area contributed by atoms with Gasteiger partial charge in [0.25, 0.3) is 5.91 Å². The summed E-state index contributed by atoms with van der Waals surface area (Å²) >= 11 is 6.16. The summed E-state index contributed by atoms with van der Waals surface area (Å²) in [4.78, 5) is 23.7. The minimum Gasteiger partial charge on any atom is -0.480 e. The number of hydrogen-bond donors (Lipinski definition) is 3. The van der Waals surface area contributed by atoms with Crippen molar-refractivity contribution in [2.75, 3.05) is 5.32 Å². The van der Waals surface area contributed by atoms with Crippen molar-refractivity contribution in [1.29, 1.82) is 0 Å². The van der Waals surface area contributed by atoms with Crippen molar-refractivity contribution < 1.29 is 14.7 Å². The Morgan fingerprint density at radius 1 is 0.879 bits per heavy atom. The number of carbonyl (C=O) groups is 2. The van der Waals surface area contributed by atoms with Gasteiger partial charge in [-0.05, 0) is 86.2 Å². The monoisotopic (exact) mass is 464 g/mol. The zero-order valence-corrected chi connectivity index (χ0v) is 20.2. The lowest BCUT2D eigenvalue weighted by Gasteiger charge is -2.18. The molecule has 0 heterocycles. The molecular formula is C27H29ClN2O3. The number of carboxylic acids is 1. The molecular weight excluding hydrogens is 436 g/mol. The fourth-order valence-electron chi connectivity index (χ4n) is 3.88. The number of halogens is 1. The van der Waals surface area contributed by atoms with E-state index in [2.05, 4.69) is 29.7 Å². The summed E-state index contributed by atoms with van der Waals surface area (Å²) in [5, 5.41) is 15.9. The highest BCUT2D eigenvalue weighted by Crippen LogP contribution is 2.29. The van der Waals surface area contributed by atoms with Gasteiger partial charge in [-0.2, -0.15) is 0 Å². The van der Waals surface area contributed by atoms with Gasteiger partial charge in [-0.3, -0.25) is 9.59 Å². The van der Waals surface area contributed by atoms with E-state index in [1.54, 1.807) is 0 Å². The Morgan fingerprint density at radius 3 is 2.15 bits per heavy atom. The highest BCUT2D eigenvalue weighted by molar-refractivity contribution is 6.31. The van der Waals surface area contributed by atoms with Gasteiger partial charge in [-0.15, -0.1) is 0 Å². The number of aliphatic carboxylic acids is 1. The fourth-order valence-corrected chi connectivity index (χ4v) is 4.00. The Kier molecular flexibility index (Phi) is 7.44. The molecule has 6 heteroatoms.